The molecule has 3 nitrogen and oxygen atoms in total. The summed E-state index contributed by atoms with van der Waals surface area (Å²) < 4.78 is 8.11. The number of hydrogen-bond donors (Lipinski definition) is 0. The number of imidazole rings is 1. The van der Waals surface area contributed by atoms with Crippen LogP contribution >= 0.6 is 15.9 Å². The van der Waals surface area contributed by atoms with Gasteiger partial charge in [0, 0.05) is 24.0 Å². The molecule has 0 atom stereocenters. The summed E-state index contributed by atoms with van der Waals surface area (Å²) in [5, 5.41) is 0. The fourth-order valence-electron chi connectivity index (χ4n) is 1.49. The van der Waals surface area contributed by atoms with E-state index in [1.165, 1.54) is 0 Å². The lowest BCUT2D eigenvalue weighted by molar-refractivity contribution is 0.182. The third kappa shape index (κ3) is 1.67. The summed E-state index contributed by atoms with van der Waals surface area (Å²) in [6.45, 7) is 2.60. The van der Waals surface area contributed by atoms with Crippen LogP contribution in [0.3, 0.4) is 0 Å². The Hall–Kier alpha value is -0.870. The molecule has 0 fully saturated rings. The fraction of sp³-hybridized carbons (Fsp3) is 0.300. The molecule has 0 aliphatic heterocycles. The number of hydrogen-bond acceptors (Lipinski definition) is 2. The number of aryl methyl sites for hydroxylation is 1. The predicted octanol–water partition coefficient (Wildman–Crippen LogP) is 2.55. The highest BCUT2D eigenvalue weighted by molar-refractivity contribution is 9.10. The van der Waals surface area contributed by atoms with Crippen molar-refractivity contribution in [2.75, 3.05) is 7.11 Å². The number of aromatic nitrogens is 2. The Balaban J connectivity index is 2.58. The van der Waals surface area contributed by atoms with Crippen LogP contribution in [0.5, 0.6) is 0 Å². The molecular formula is C10H11BrN2O. The Bertz CT molecular complexity index is 464. The number of methoxy groups -OCH3 is 1. The predicted molar refractivity (Wildman–Crippen MR) is 58.3 cm³/mol. The third-order valence-corrected chi connectivity index (χ3v) is 2.48. The molecule has 2 aromatic rings. The minimum absolute atomic E-state index is 0.554. The van der Waals surface area contributed by atoms with Crippen LogP contribution in [0.25, 0.3) is 5.65 Å². The van der Waals surface area contributed by atoms with Crippen molar-refractivity contribution in [1.82, 2.24) is 9.38 Å². The smallest absolute Gasteiger partial charge is 0.140 e. The lowest BCUT2D eigenvalue weighted by Gasteiger charge is -1.97. The SMILES string of the molecule is COCc1cn2cc(Br)cc(C)c2n1. The van der Waals surface area contributed by atoms with Gasteiger partial charge >= 0.3 is 0 Å². The molecule has 2 rings (SSSR count). The van der Waals surface area contributed by atoms with Crippen LogP contribution in [0.1, 0.15) is 11.3 Å². The summed E-state index contributed by atoms with van der Waals surface area (Å²) in [7, 11) is 1.67. The van der Waals surface area contributed by atoms with Crippen molar-refractivity contribution in [3.05, 3.63) is 34.2 Å². The summed E-state index contributed by atoms with van der Waals surface area (Å²) >= 11 is 3.45. The Labute approximate surface area is 90.8 Å². The highest BCUT2D eigenvalue weighted by Crippen LogP contribution is 2.17. The van der Waals surface area contributed by atoms with Crippen LogP contribution in [-0.4, -0.2) is 16.5 Å². The molecule has 0 N–H and O–H groups in total. The van der Waals surface area contributed by atoms with Gasteiger partial charge in [-0.05, 0) is 34.5 Å². The van der Waals surface area contributed by atoms with E-state index >= 15 is 0 Å². The standard InChI is InChI=1S/C10H11BrN2O/c1-7-3-8(11)4-13-5-9(6-14-2)12-10(7)13/h3-5H,6H2,1-2H3. The van der Waals surface area contributed by atoms with Crippen LogP contribution in [0.4, 0.5) is 0 Å². The largest absolute Gasteiger partial charge is 0.378 e. The van der Waals surface area contributed by atoms with E-state index in [1.54, 1.807) is 7.11 Å². The normalized spacial score (nSPS) is 11.1. The Morgan fingerprint density at radius 2 is 2.29 bits per heavy atom. The van der Waals surface area contributed by atoms with E-state index in [2.05, 4.69) is 27.0 Å². The monoisotopic (exact) mass is 254 g/mol. The maximum atomic E-state index is 5.04. The van der Waals surface area contributed by atoms with E-state index in [0.717, 1.165) is 21.4 Å². The highest BCUT2D eigenvalue weighted by Gasteiger charge is 2.04. The van der Waals surface area contributed by atoms with Gasteiger partial charge in [0.15, 0.2) is 0 Å². The second-order valence-electron chi connectivity index (χ2n) is 3.24. The molecule has 0 radical (unpaired) electrons. The van der Waals surface area contributed by atoms with Gasteiger partial charge in [0.2, 0.25) is 0 Å². The molecule has 2 aromatic heterocycles. The first kappa shape index (κ1) is 9.68. The minimum atomic E-state index is 0.554. The zero-order valence-electron chi connectivity index (χ0n) is 8.12. The van der Waals surface area contributed by atoms with Crippen molar-refractivity contribution in [1.29, 1.82) is 0 Å². The average molecular weight is 255 g/mol. The van der Waals surface area contributed by atoms with Gasteiger partial charge in [-0.15, -0.1) is 0 Å². The molecular weight excluding hydrogens is 244 g/mol. The van der Waals surface area contributed by atoms with Crippen molar-refractivity contribution >= 4 is 21.6 Å². The van der Waals surface area contributed by atoms with Gasteiger partial charge in [-0.3, -0.25) is 0 Å². The van der Waals surface area contributed by atoms with Crippen LogP contribution in [0.15, 0.2) is 22.9 Å². The number of pyridine rings is 1. The van der Waals surface area contributed by atoms with Crippen molar-refractivity contribution in [3.63, 3.8) is 0 Å². The molecule has 0 bridgehead atoms. The quantitative estimate of drug-likeness (QED) is 0.824. The Morgan fingerprint density at radius 1 is 1.50 bits per heavy atom. The summed E-state index contributed by atoms with van der Waals surface area (Å²) in [6.07, 6.45) is 3.98. The van der Waals surface area contributed by atoms with E-state index in [4.69, 9.17) is 4.74 Å². The fourth-order valence-corrected chi connectivity index (χ4v) is 2.06. The lowest BCUT2D eigenvalue weighted by Crippen LogP contribution is -1.86. The van der Waals surface area contributed by atoms with Gasteiger partial charge in [-0.25, -0.2) is 4.98 Å². The molecule has 4 heteroatoms. The molecule has 0 aliphatic rings. The summed E-state index contributed by atoms with van der Waals surface area (Å²) in [5.74, 6) is 0. The maximum Gasteiger partial charge on any atom is 0.140 e. The van der Waals surface area contributed by atoms with Gasteiger partial charge in [-0.1, -0.05) is 0 Å². The lowest BCUT2D eigenvalue weighted by atomic mass is 10.3. The van der Waals surface area contributed by atoms with E-state index in [-0.39, 0.29) is 0 Å². The molecule has 0 aliphatic carbocycles. The Kier molecular flexibility index (Phi) is 2.56. The molecule has 2 heterocycles. The summed E-state index contributed by atoms with van der Waals surface area (Å²) in [5.41, 5.74) is 3.09. The number of fused-ring (bicyclic) bond motifs is 1. The van der Waals surface area contributed by atoms with Gasteiger partial charge in [0.1, 0.15) is 5.65 Å². The molecule has 0 aromatic carbocycles. The molecule has 0 unspecified atom stereocenters. The second kappa shape index (κ2) is 3.71. The van der Waals surface area contributed by atoms with Gasteiger partial charge in [0.05, 0.1) is 12.3 Å². The molecule has 0 amide bonds. The number of halogens is 1. The molecule has 0 spiro atoms. The van der Waals surface area contributed by atoms with Gasteiger partial charge < -0.3 is 9.14 Å². The molecule has 0 saturated heterocycles. The van der Waals surface area contributed by atoms with Crippen LogP contribution in [0, 0.1) is 6.92 Å². The van der Waals surface area contributed by atoms with Crippen molar-refractivity contribution in [3.8, 4) is 0 Å². The second-order valence-corrected chi connectivity index (χ2v) is 4.15. The van der Waals surface area contributed by atoms with Gasteiger partial charge in [-0.2, -0.15) is 0 Å². The zero-order valence-corrected chi connectivity index (χ0v) is 9.71. The van der Waals surface area contributed by atoms with Crippen LogP contribution in [-0.2, 0) is 11.3 Å². The summed E-state index contributed by atoms with van der Waals surface area (Å²) in [4.78, 5) is 4.46. The average Bonchev–Trinajstić information content (AvgIpc) is 2.48. The molecule has 74 valence electrons. The maximum absolute atomic E-state index is 5.04. The van der Waals surface area contributed by atoms with E-state index < -0.39 is 0 Å². The Morgan fingerprint density at radius 3 is 3.00 bits per heavy atom. The highest BCUT2D eigenvalue weighted by atomic mass is 79.9. The minimum Gasteiger partial charge on any atom is -0.378 e. The first-order valence-corrected chi connectivity index (χ1v) is 5.12. The topological polar surface area (TPSA) is 26.5 Å². The number of ether oxygens (including phenoxy) is 1. The first-order valence-electron chi connectivity index (χ1n) is 4.33. The number of rotatable bonds is 2. The van der Waals surface area contributed by atoms with Crippen molar-refractivity contribution in [2.45, 2.75) is 13.5 Å². The molecule has 0 saturated carbocycles. The zero-order chi connectivity index (χ0) is 10.1. The molecule has 14 heavy (non-hydrogen) atoms. The van der Waals surface area contributed by atoms with E-state index in [9.17, 15) is 0 Å². The summed E-state index contributed by atoms with van der Waals surface area (Å²) in [6, 6.07) is 2.05. The van der Waals surface area contributed by atoms with Crippen molar-refractivity contribution in [2.24, 2.45) is 0 Å². The van der Waals surface area contributed by atoms with E-state index in [1.807, 2.05) is 23.7 Å². The first-order chi connectivity index (χ1) is 6.70. The van der Waals surface area contributed by atoms with Gasteiger partial charge in [0.25, 0.3) is 0 Å². The van der Waals surface area contributed by atoms with E-state index in [0.29, 0.717) is 6.61 Å². The van der Waals surface area contributed by atoms with Crippen LogP contribution < -0.4 is 0 Å². The van der Waals surface area contributed by atoms with Crippen molar-refractivity contribution < 1.29 is 4.74 Å². The van der Waals surface area contributed by atoms with Crippen LogP contribution in [0.2, 0.25) is 0 Å². The third-order valence-electron chi connectivity index (χ3n) is 2.04. The number of nitrogens with zero attached hydrogens (tertiary/aromatic N) is 2.